The van der Waals surface area contributed by atoms with Gasteiger partial charge in [-0.2, -0.15) is 5.10 Å². The number of aryl methyl sites for hydroxylation is 2. The number of benzene rings is 1. The summed E-state index contributed by atoms with van der Waals surface area (Å²) in [6.45, 7) is 15.1. The average molecular weight is 477 g/mol. The summed E-state index contributed by atoms with van der Waals surface area (Å²) in [5.74, 6) is 1.71. The lowest BCUT2D eigenvalue weighted by Gasteiger charge is -2.64. The molecule has 0 N–H and O–H groups in total. The van der Waals surface area contributed by atoms with Crippen molar-refractivity contribution in [3.63, 3.8) is 0 Å². The van der Waals surface area contributed by atoms with Crippen molar-refractivity contribution in [3.8, 4) is 0 Å². The summed E-state index contributed by atoms with van der Waals surface area (Å²) in [7, 11) is 0. The van der Waals surface area contributed by atoms with E-state index in [4.69, 9.17) is 9.84 Å². The maximum absolute atomic E-state index is 13.3. The topological polar surface area (TPSA) is 41.9 Å². The van der Waals surface area contributed by atoms with Crippen LogP contribution in [-0.4, -0.2) is 24.8 Å². The lowest BCUT2D eigenvalue weighted by Crippen LogP contribution is -2.60. The van der Waals surface area contributed by atoms with E-state index in [1.807, 2.05) is 6.92 Å². The number of hydrogen-bond donors (Lipinski definition) is 0. The molecule has 4 saturated carbocycles. The van der Waals surface area contributed by atoms with Crippen LogP contribution in [0.15, 0.2) is 23.3 Å². The van der Waals surface area contributed by atoms with Crippen molar-refractivity contribution in [3.05, 3.63) is 29.3 Å². The molecule has 4 nitrogen and oxygen atoms in total. The lowest BCUT2D eigenvalue weighted by molar-refractivity contribution is -0.191. The first-order valence-electron chi connectivity index (χ1n) is 14.2. The van der Waals surface area contributed by atoms with Crippen LogP contribution in [0.5, 0.6) is 0 Å². The second-order valence-corrected chi connectivity index (χ2v) is 13.6. The number of hydrazone groups is 1. The highest BCUT2D eigenvalue weighted by molar-refractivity contribution is 5.98. The minimum Gasteiger partial charge on any atom is -0.466 e. The first kappa shape index (κ1) is 23.6. The molecule has 35 heavy (non-hydrogen) atoms. The Morgan fingerprint density at radius 1 is 1.03 bits per heavy atom. The van der Waals surface area contributed by atoms with Crippen molar-refractivity contribution >= 4 is 17.4 Å². The van der Waals surface area contributed by atoms with Gasteiger partial charge in [0.25, 0.3) is 0 Å². The molecule has 1 heterocycles. The smallest absolute Gasteiger partial charge is 0.312 e. The maximum atomic E-state index is 13.3. The first-order valence-corrected chi connectivity index (χ1v) is 14.2. The molecule has 6 rings (SSSR count). The molecule has 4 heteroatoms. The molecule has 0 radical (unpaired) electrons. The molecule has 0 saturated heterocycles. The molecule has 1 aromatic rings. The molecule has 0 unspecified atom stereocenters. The van der Waals surface area contributed by atoms with Gasteiger partial charge in [-0.05, 0) is 119 Å². The number of fused-ring (bicyclic) bond motifs is 5. The minimum absolute atomic E-state index is 0.0584. The van der Waals surface area contributed by atoms with E-state index in [9.17, 15) is 4.79 Å². The van der Waals surface area contributed by atoms with Gasteiger partial charge in [0.15, 0.2) is 0 Å². The van der Waals surface area contributed by atoms with Crippen molar-refractivity contribution in [1.82, 2.24) is 0 Å². The van der Waals surface area contributed by atoms with Gasteiger partial charge in [0.2, 0.25) is 0 Å². The molecule has 4 aliphatic carbocycles. The Morgan fingerprint density at radius 2 is 1.74 bits per heavy atom. The highest BCUT2D eigenvalue weighted by Gasteiger charge is 2.71. The third-order valence-electron chi connectivity index (χ3n) is 11.5. The Bertz CT molecular complexity index is 1080. The fourth-order valence-electron chi connectivity index (χ4n) is 10.4. The number of anilines is 1. The van der Waals surface area contributed by atoms with Crippen molar-refractivity contribution in [2.45, 2.75) is 92.9 Å². The Hall–Kier alpha value is -1.84. The van der Waals surface area contributed by atoms with E-state index in [-0.39, 0.29) is 22.2 Å². The molecular formula is C31H44N2O2. The van der Waals surface area contributed by atoms with Gasteiger partial charge in [0, 0.05) is 17.0 Å². The summed E-state index contributed by atoms with van der Waals surface area (Å²) >= 11 is 0. The molecule has 1 spiro atoms. The molecule has 0 aromatic heterocycles. The Kier molecular flexibility index (Phi) is 5.10. The predicted molar refractivity (Wildman–Crippen MR) is 141 cm³/mol. The second kappa shape index (κ2) is 7.59. The molecular weight excluding hydrogens is 432 g/mol. The highest BCUT2D eigenvalue weighted by Crippen LogP contribution is 2.75. The molecule has 7 atom stereocenters. The van der Waals surface area contributed by atoms with E-state index in [1.54, 1.807) is 0 Å². The van der Waals surface area contributed by atoms with Crippen LogP contribution >= 0.6 is 0 Å². The molecule has 5 aliphatic rings. The predicted octanol–water partition coefficient (Wildman–Crippen LogP) is 7.07. The molecule has 1 aliphatic heterocycles. The van der Waals surface area contributed by atoms with Gasteiger partial charge in [-0.15, -0.1) is 0 Å². The zero-order valence-electron chi connectivity index (χ0n) is 22.7. The number of carbonyl (C=O) groups excluding carboxylic acids is 1. The van der Waals surface area contributed by atoms with Crippen LogP contribution in [0.1, 0.15) is 90.2 Å². The summed E-state index contributed by atoms with van der Waals surface area (Å²) in [6.07, 6.45) is 9.63. The quantitative estimate of drug-likeness (QED) is 0.438. The zero-order valence-corrected chi connectivity index (χ0v) is 22.7. The average Bonchev–Trinajstić information content (AvgIpc) is 3.31. The van der Waals surface area contributed by atoms with Gasteiger partial charge >= 0.3 is 5.97 Å². The Morgan fingerprint density at radius 3 is 2.46 bits per heavy atom. The largest absolute Gasteiger partial charge is 0.466 e. The number of nitrogens with zero attached hydrogens (tertiary/aromatic N) is 2. The summed E-state index contributed by atoms with van der Waals surface area (Å²) in [6, 6.07) is 6.86. The monoisotopic (exact) mass is 476 g/mol. The fourth-order valence-corrected chi connectivity index (χ4v) is 10.4. The minimum atomic E-state index is -0.332. The van der Waals surface area contributed by atoms with Gasteiger partial charge < -0.3 is 4.74 Å². The van der Waals surface area contributed by atoms with Crippen LogP contribution in [0.3, 0.4) is 0 Å². The van der Waals surface area contributed by atoms with E-state index in [1.165, 1.54) is 54.6 Å². The maximum Gasteiger partial charge on any atom is 0.312 e. The van der Waals surface area contributed by atoms with Crippen molar-refractivity contribution < 1.29 is 9.53 Å². The lowest BCUT2D eigenvalue weighted by atomic mass is 9.39. The molecule has 190 valence electrons. The summed E-state index contributed by atoms with van der Waals surface area (Å²) < 4.78 is 5.68. The summed E-state index contributed by atoms with van der Waals surface area (Å²) in [5.41, 5.74) is 5.82. The van der Waals surface area contributed by atoms with Crippen LogP contribution < -0.4 is 5.01 Å². The fraction of sp³-hybridized carbons (Fsp3) is 0.742. The van der Waals surface area contributed by atoms with Crippen molar-refractivity contribution in [1.29, 1.82) is 0 Å². The van der Waals surface area contributed by atoms with E-state index in [2.05, 4.69) is 57.8 Å². The van der Waals surface area contributed by atoms with Gasteiger partial charge in [-0.3, -0.25) is 9.80 Å². The summed E-state index contributed by atoms with van der Waals surface area (Å²) in [5, 5.41) is 7.72. The zero-order chi connectivity index (χ0) is 24.8. The number of esters is 1. The molecule has 2 bridgehead atoms. The Labute approximate surface area is 211 Å². The molecule has 4 fully saturated rings. The third kappa shape index (κ3) is 3.10. The van der Waals surface area contributed by atoms with E-state index < -0.39 is 0 Å². The standard InChI is InChI=1S/C31H44N2O2/c1-7-35-27(34)30(6)12-8-11-29(5)24(30)10-14-31-19-28(4,13-9-25(29)31)26-23(31)18-33(32-26)22-16-20(2)15-21(3)17-22/h15-17,23-25H,7-14,18-19H2,1-6H3/t23-,24+,25+,28+,29-,30-,31-/m1/s1. The van der Waals surface area contributed by atoms with Crippen LogP contribution in [0, 0.1) is 53.3 Å². The van der Waals surface area contributed by atoms with Gasteiger partial charge in [-0.25, -0.2) is 0 Å². The van der Waals surface area contributed by atoms with Crippen molar-refractivity contribution in [2.75, 3.05) is 18.2 Å². The van der Waals surface area contributed by atoms with Crippen LogP contribution in [0.2, 0.25) is 0 Å². The molecule has 1 aromatic carbocycles. The van der Waals surface area contributed by atoms with E-state index >= 15 is 0 Å². The van der Waals surface area contributed by atoms with Crippen LogP contribution in [0.25, 0.3) is 0 Å². The van der Waals surface area contributed by atoms with Crippen LogP contribution in [-0.2, 0) is 9.53 Å². The van der Waals surface area contributed by atoms with Gasteiger partial charge in [-0.1, -0.05) is 26.3 Å². The van der Waals surface area contributed by atoms with Gasteiger partial charge in [0.05, 0.1) is 24.3 Å². The number of hydrogen-bond acceptors (Lipinski definition) is 4. The van der Waals surface area contributed by atoms with Crippen molar-refractivity contribution in [2.24, 2.45) is 44.5 Å². The second-order valence-electron chi connectivity index (χ2n) is 13.6. The Balaban J connectivity index is 1.37. The molecule has 0 amide bonds. The number of rotatable bonds is 3. The normalized spacial score (nSPS) is 43.8. The summed E-state index contributed by atoms with van der Waals surface area (Å²) in [4.78, 5) is 13.3. The first-order chi connectivity index (χ1) is 16.6. The van der Waals surface area contributed by atoms with Crippen LogP contribution in [0.4, 0.5) is 5.69 Å². The number of ether oxygens (including phenoxy) is 1. The van der Waals surface area contributed by atoms with E-state index in [0.29, 0.717) is 29.8 Å². The number of carbonyl (C=O) groups is 1. The SMILES string of the molecule is CCOC(=O)[C@]1(C)CCC[C@@]2(C)[C@@H]3CC[C@@]4(C)C[C@]3(CC[C@@H]21)[C@@H]1CN(c2cc(C)cc(C)c2)N=C14. The van der Waals surface area contributed by atoms with E-state index in [0.717, 1.165) is 25.8 Å². The van der Waals surface area contributed by atoms with Gasteiger partial charge in [0.1, 0.15) is 0 Å². The highest BCUT2D eigenvalue weighted by atomic mass is 16.5. The third-order valence-corrected chi connectivity index (χ3v) is 11.5.